The van der Waals surface area contributed by atoms with Crippen molar-refractivity contribution in [2.45, 2.75) is 6.04 Å². The average molecular weight is 145 g/mol. The van der Waals surface area contributed by atoms with E-state index >= 15 is 0 Å². The molecule has 2 aliphatic rings. The molecule has 0 saturated carbocycles. The lowest BCUT2D eigenvalue weighted by Crippen LogP contribution is -2.38. The summed E-state index contributed by atoms with van der Waals surface area (Å²) in [6, 6.07) is 0.740. The summed E-state index contributed by atoms with van der Waals surface area (Å²) >= 11 is 2.05. The van der Waals surface area contributed by atoms with Gasteiger partial charge < -0.3 is 4.74 Å². The van der Waals surface area contributed by atoms with Crippen LogP contribution in [0.1, 0.15) is 0 Å². The van der Waals surface area contributed by atoms with Crippen LogP contribution in [-0.2, 0) is 4.74 Å². The van der Waals surface area contributed by atoms with Gasteiger partial charge in [0.2, 0.25) is 0 Å². The Hall–Kier alpha value is 0.270. The lowest BCUT2D eigenvalue weighted by molar-refractivity contribution is 0.142. The topological polar surface area (TPSA) is 12.5 Å². The van der Waals surface area contributed by atoms with Crippen molar-refractivity contribution in [3.63, 3.8) is 0 Å². The van der Waals surface area contributed by atoms with Crippen LogP contribution in [0, 0.1) is 0 Å². The highest BCUT2D eigenvalue weighted by Crippen LogP contribution is 2.20. The fourth-order valence-corrected chi connectivity index (χ4v) is 2.43. The number of ether oxygens (including phenoxy) is 1. The molecular formula is C6H11NOS. The van der Waals surface area contributed by atoms with Crippen LogP contribution in [0.5, 0.6) is 0 Å². The number of thioether (sulfide) groups is 1. The molecule has 0 N–H and O–H groups in total. The number of hydrogen-bond donors (Lipinski definition) is 0. The van der Waals surface area contributed by atoms with Crippen LogP contribution in [0.2, 0.25) is 0 Å². The highest BCUT2D eigenvalue weighted by atomic mass is 32.2. The van der Waals surface area contributed by atoms with E-state index in [-0.39, 0.29) is 0 Å². The fraction of sp³-hybridized carbons (Fsp3) is 1.00. The molecule has 2 fully saturated rings. The molecule has 2 rings (SSSR count). The number of hydrogen-bond acceptors (Lipinski definition) is 3. The van der Waals surface area contributed by atoms with Crippen LogP contribution in [0.4, 0.5) is 0 Å². The van der Waals surface area contributed by atoms with Gasteiger partial charge in [0.15, 0.2) is 0 Å². The highest BCUT2D eigenvalue weighted by Gasteiger charge is 2.27. The standard InChI is InChI=1S/C6H11NOS/c1-2-9-4-6-3-8-5-7(1)6/h6H,1-5H2. The maximum absolute atomic E-state index is 5.30. The summed E-state index contributed by atoms with van der Waals surface area (Å²) in [7, 11) is 0. The molecule has 0 aliphatic carbocycles. The second kappa shape index (κ2) is 2.48. The molecule has 0 aromatic rings. The summed E-state index contributed by atoms with van der Waals surface area (Å²) in [6.45, 7) is 3.08. The van der Waals surface area contributed by atoms with Gasteiger partial charge in [-0.05, 0) is 0 Å². The van der Waals surface area contributed by atoms with Gasteiger partial charge in [-0.3, -0.25) is 4.90 Å². The first kappa shape index (κ1) is 6.01. The Labute approximate surface area is 59.5 Å². The molecule has 0 bridgehead atoms. The van der Waals surface area contributed by atoms with Crippen molar-refractivity contribution in [1.82, 2.24) is 4.90 Å². The Morgan fingerprint density at radius 3 is 3.44 bits per heavy atom. The zero-order chi connectivity index (χ0) is 6.10. The van der Waals surface area contributed by atoms with E-state index in [1.807, 2.05) is 11.8 Å². The van der Waals surface area contributed by atoms with E-state index in [0.29, 0.717) is 0 Å². The van der Waals surface area contributed by atoms with E-state index in [1.54, 1.807) is 0 Å². The molecule has 0 aromatic heterocycles. The van der Waals surface area contributed by atoms with Gasteiger partial charge in [0.25, 0.3) is 0 Å². The Bertz CT molecular complexity index is 97.2. The molecule has 0 spiro atoms. The maximum atomic E-state index is 5.30. The molecule has 3 heteroatoms. The van der Waals surface area contributed by atoms with E-state index in [2.05, 4.69) is 4.90 Å². The van der Waals surface area contributed by atoms with Crippen molar-refractivity contribution >= 4 is 11.8 Å². The third kappa shape index (κ3) is 1.09. The molecule has 0 aromatic carbocycles. The summed E-state index contributed by atoms with van der Waals surface area (Å²) < 4.78 is 5.30. The van der Waals surface area contributed by atoms with Crippen LogP contribution in [-0.4, -0.2) is 42.3 Å². The minimum atomic E-state index is 0.740. The largest absolute Gasteiger partial charge is 0.364 e. The summed E-state index contributed by atoms with van der Waals surface area (Å²) in [4.78, 5) is 2.43. The predicted molar refractivity (Wildman–Crippen MR) is 38.6 cm³/mol. The first-order chi connectivity index (χ1) is 4.47. The highest BCUT2D eigenvalue weighted by molar-refractivity contribution is 7.99. The maximum Gasteiger partial charge on any atom is 0.0994 e. The van der Waals surface area contributed by atoms with E-state index in [1.165, 1.54) is 18.1 Å². The Morgan fingerprint density at radius 2 is 2.56 bits per heavy atom. The Balaban J connectivity index is 1.97. The first-order valence-corrected chi connectivity index (χ1v) is 4.52. The molecule has 2 heterocycles. The van der Waals surface area contributed by atoms with Gasteiger partial charge in [-0.2, -0.15) is 11.8 Å². The monoisotopic (exact) mass is 145 g/mol. The lowest BCUT2D eigenvalue weighted by Gasteiger charge is -2.26. The number of nitrogens with zero attached hydrogens (tertiary/aromatic N) is 1. The van der Waals surface area contributed by atoms with Crippen molar-refractivity contribution in [1.29, 1.82) is 0 Å². The molecule has 2 saturated heterocycles. The van der Waals surface area contributed by atoms with Gasteiger partial charge in [-0.1, -0.05) is 0 Å². The first-order valence-electron chi connectivity index (χ1n) is 3.36. The Kier molecular flexibility index (Phi) is 1.66. The molecule has 0 amide bonds. The SMILES string of the molecule is C1CN2COCC2CS1. The van der Waals surface area contributed by atoms with E-state index in [9.17, 15) is 0 Å². The van der Waals surface area contributed by atoms with Crippen molar-refractivity contribution in [2.75, 3.05) is 31.4 Å². The molecular weight excluding hydrogens is 134 g/mol. The van der Waals surface area contributed by atoms with Gasteiger partial charge in [-0.25, -0.2) is 0 Å². The van der Waals surface area contributed by atoms with Gasteiger partial charge in [-0.15, -0.1) is 0 Å². The smallest absolute Gasteiger partial charge is 0.0994 e. The van der Waals surface area contributed by atoms with E-state index in [4.69, 9.17) is 4.74 Å². The molecule has 2 aliphatic heterocycles. The third-order valence-corrected chi connectivity index (χ3v) is 3.01. The van der Waals surface area contributed by atoms with Crippen LogP contribution < -0.4 is 0 Å². The fourth-order valence-electron chi connectivity index (χ4n) is 1.32. The molecule has 52 valence electrons. The van der Waals surface area contributed by atoms with Crippen molar-refractivity contribution in [3.8, 4) is 0 Å². The van der Waals surface area contributed by atoms with Gasteiger partial charge >= 0.3 is 0 Å². The molecule has 9 heavy (non-hydrogen) atoms. The average Bonchev–Trinajstić information content (AvgIpc) is 2.33. The molecule has 1 unspecified atom stereocenters. The van der Waals surface area contributed by atoms with Crippen molar-refractivity contribution < 1.29 is 4.74 Å². The quantitative estimate of drug-likeness (QED) is 0.489. The van der Waals surface area contributed by atoms with Crippen LogP contribution in [0.3, 0.4) is 0 Å². The second-order valence-electron chi connectivity index (χ2n) is 2.54. The normalized spacial score (nSPS) is 36.7. The summed E-state index contributed by atoms with van der Waals surface area (Å²) in [6.07, 6.45) is 0. The van der Waals surface area contributed by atoms with Crippen LogP contribution >= 0.6 is 11.8 Å². The zero-order valence-corrected chi connectivity index (χ0v) is 6.19. The molecule has 1 atom stereocenters. The third-order valence-electron chi connectivity index (χ3n) is 1.92. The number of fused-ring (bicyclic) bond motifs is 1. The van der Waals surface area contributed by atoms with Crippen LogP contribution in [0.15, 0.2) is 0 Å². The van der Waals surface area contributed by atoms with E-state index < -0.39 is 0 Å². The minimum Gasteiger partial charge on any atom is -0.364 e. The Morgan fingerprint density at radius 1 is 1.56 bits per heavy atom. The van der Waals surface area contributed by atoms with Gasteiger partial charge in [0, 0.05) is 24.1 Å². The van der Waals surface area contributed by atoms with Gasteiger partial charge in [0.05, 0.1) is 13.3 Å². The zero-order valence-electron chi connectivity index (χ0n) is 5.38. The minimum absolute atomic E-state index is 0.740. The van der Waals surface area contributed by atoms with Crippen molar-refractivity contribution in [3.05, 3.63) is 0 Å². The molecule has 0 radical (unpaired) electrons. The second-order valence-corrected chi connectivity index (χ2v) is 3.69. The van der Waals surface area contributed by atoms with Crippen LogP contribution in [0.25, 0.3) is 0 Å². The van der Waals surface area contributed by atoms with E-state index in [0.717, 1.165) is 19.4 Å². The predicted octanol–water partition coefficient (Wildman–Crippen LogP) is 0.391. The van der Waals surface area contributed by atoms with Crippen molar-refractivity contribution in [2.24, 2.45) is 0 Å². The molecule has 2 nitrogen and oxygen atoms in total. The lowest BCUT2D eigenvalue weighted by atomic mass is 10.3. The summed E-state index contributed by atoms with van der Waals surface area (Å²) in [5.74, 6) is 2.57. The van der Waals surface area contributed by atoms with Gasteiger partial charge in [0.1, 0.15) is 0 Å². The summed E-state index contributed by atoms with van der Waals surface area (Å²) in [5.41, 5.74) is 0. The number of rotatable bonds is 0. The summed E-state index contributed by atoms with van der Waals surface area (Å²) in [5, 5.41) is 0.